The largest absolute Gasteiger partial charge is 0.366 e. The molecule has 0 spiro atoms. The first kappa shape index (κ1) is 17.4. The number of rotatable bonds is 4. The van der Waals surface area contributed by atoms with Gasteiger partial charge in [-0.25, -0.2) is 4.98 Å². The van der Waals surface area contributed by atoms with E-state index in [1.54, 1.807) is 4.52 Å². The van der Waals surface area contributed by atoms with Crippen LogP contribution in [-0.2, 0) is 6.54 Å². The Hall–Kier alpha value is -2.43. The molecule has 1 aromatic carbocycles. The standard InChI is InChI=1S/C16H17N5.C4H10/c1-11-8-15(21-16(20-11)18-10-19-21)17-9-12-2-4-13(5-3-12)14-6-7-14;1-4(2)3/h2-5,8,10,14,17H,6-7,9H2,1H3;4H,1-3H3. The number of nitrogens with one attached hydrogen (secondary N) is 1. The molecule has 1 saturated carbocycles. The number of hydrogen-bond acceptors (Lipinski definition) is 4. The van der Waals surface area contributed by atoms with Gasteiger partial charge in [0.1, 0.15) is 12.1 Å². The van der Waals surface area contributed by atoms with E-state index < -0.39 is 0 Å². The molecule has 5 heteroatoms. The molecule has 2 aromatic heterocycles. The molecule has 0 amide bonds. The predicted octanol–water partition coefficient (Wildman–Crippen LogP) is 4.58. The SMILES string of the molecule is CC(C)C.Cc1cc(NCc2ccc(C3CC3)cc2)n2ncnc2n1. The summed E-state index contributed by atoms with van der Waals surface area (Å²) in [6, 6.07) is 10.9. The Morgan fingerprint density at radius 3 is 2.48 bits per heavy atom. The molecule has 0 saturated heterocycles. The maximum absolute atomic E-state index is 4.34. The third-order valence-electron chi connectivity index (χ3n) is 3.88. The lowest BCUT2D eigenvalue weighted by Gasteiger charge is -2.09. The molecule has 1 fully saturated rings. The highest BCUT2D eigenvalue weighted by Crippen LogP contribution is 2.39. The zero-order chi connectivity index (χ0) is 17.8. The highest BCUT2D eigenvalue weighted by Gasteiger charge is 2.22. The molecule has 1 aliphatic rings. The van der Waals surface area contributed by atoms with Crippen LogP contribution in [0.15, 0.2) is 36.7 Å². The van der Waals surface area contributed by atoms with Crippen LogP contribution in [0.4, 0.5) is 5.82 Å². The van der Waals surface area contributed by atoms with Gasteiger partial charge in [0.2, 0.25) is 0 Å². The topological polar surface area (TPSA) is 55.1 Å². The van der Waals surface area contributed by atoms with E-state index in [2.05, 4.69) is 65.4 Å². The number of benzene rings is 1. The van der Waals surface area contributed by atoms with Gasteiger partial charge in [0.05, 0.1) is 0 Å². The fourth-order valence-electron chi connectivity index (χ4n) is 2.57. The van der Waals surface area contributed by atoms with Gasteiger partial charge >= 0.3 is 0 Å². The van der Waals surface area contributed by atoms with Gasteiger partial charge in [-0.3, -0.25) is 0 Å². The molecule has 5 nitrogen and oxygen atoms in total. The van der Waals surface area contributed by atoms with Gasteiger partial charge in [0.25, 0.3) is 5.78 Å². The van der Waals surface area contributed by atoms with E-state index in [-0.39, 0.29) is 0 Å². The first-order valence-electron chi connectivity index (χ1n) is 9.03. The Bertz CT molecular complexity index is 813. The maximum Gasteiger partial charge on any atom is 0.254 e. The van der Waals surface area contributed by atoms with Crippen LogP contribution < -0.4 is 5.32 Å². The van der Waals surface area contributed by atoms with Crippen LogP contribution in [-0.4, -0.2) is 19.6 Å². The van der Waals surface area contributed by atoms with Crippen LogP contribution in [0.3, 0.4) is 0 Å². The second-order valence-electron chi connectivity index (χ2n) is 7.36. The molecule has 0 unspecified atom stereocenters. The number of nitrogens with zero attached hydrogens (tertiary/aromatic N) is 4. The highest BCUT2D eigenvalue weighted by molar-refractivity contribution is 5.45. The van der Waals surface area contributed by atoms with E-state index in [1.165, 1.54) is 30.3 Å². The van der Waals surface area contributed by atoms with Gasteiger partial charge in [-0.2, -0.15) is 14.6 Å². The summed E-state index contributed by atoms with van der Waals surface area (Å²) >= 11 is 0. The normalized spacial score (nSPS) is 13.6. The quantitative estimate of drug-likeness (QED) is 0.757. The third-order valence-corrected chi connectivity index (χ3v) is 3.88. The summed E-state index contributed by atoms with van der Waals surface area (Å²) in [5.74, 6) is 3.19. The fraction of sp³-hybridized carbons (Fsp3) is 0.450. The number of aryl methyl sites for hydroxylation is 1. The Labute approximate surface area is 149 Å². The molecule has 0 aliphatic heterocycles. The van der Waals surface area contributed by atoms with E-state index in [9.17, 15) is 0 Å². The number of aromatic nitrogens is 4. The molecule has 2 heterocycles. The average Bonchev–Trinajstić information content (AvgIpc) is 3.31. The van der Waals surface area contributed by atoms with Crippen molar-refractivity contribution in [3.63, 3.8) is 0 Å². The molecular formula is C20H27N5. The summed E-state index contributed by atoms with van der Waals surface area (Å²) in [6.07, 6.45) is 4.22. The molecule has 0 bridgehead atoms. The van der Waals surface area contributed by atoms with Gasteiger partial charge in [0, 0.05) is 18.3 Å². The molecule has 132 valence electrons. The van der Waals surface area contributed by atoms with E-state index in [0.29, 0.717) is 5.78 Å². The minimum absolute atomic E-state index is 0.626. The molecular weight excluding hydrogens is 310 g/mol. The summed E-state index contributed by atoms with van der Waals surface area (Å²) in [7, 11) is 0. The average molecular weight is 337 g/mol. The van der Waals surface area contributed by atoms with Gasteiger partial charge in [-0.15, -0.1) is 0 Å². The summed E-state index contributed by atoms with van der Waals surface area (Å²) in [5.41, 5.74) is 3.67. The molecule has 0 radical (unpaired) electrons. The monoisotopic (exact) mass is 337 g/mol. The Balaban J connectivity index is 0.000000415. The Kier molecular flexibility index (Phi) is 5.31. The first-order chi connectivity index (χ1) is 12.0. The molecule has 25 heavy (non-hydrogen) atoms. The highest BCUT2D eigenvalue weighted by atomic mass is 15.3. The van der Waals surface area contributed by atoms with Crippen molar-refractivity contribution in [3.8, 4) is 0 Å². The van der Waals surface area contributed by atoms with Crippen molar-refractivity contribution in [3.05, 3.63) is 53.5 Å². The molecule has 0 atom stereocenters. The van der Waals surface area contributed by atoms with Gasteiger partial charge < -0.3 is 5.32 Å². The maximum atomic E-state index is 4.34. The van der Waals surface area contributed by atoms with Gasteiger partial charge in [-0.1, -0.05) is 45.0 Å². The lowest BCUT2D eigenvalue weighted by Crippen LogP contribution is -2.06. The van der Waals surface area contributed by atoms with E-state index >= 15 is 0 Å². The van der Waals surface area contributed by atoms with E-state index in [0.717, 1.165) is 29.9 Å². The summed E-state index contributed by atoms with van der Waals surface area (Å²) in [5, 5.41) is 7.61. The zero-order valence-corrected chi connectivity index (χ0v) is 15.5. The van der Waals surface area contributed by atoms with E-state index in [1.807, 2.05) is 13.0 Å². The molecule has 1 N–H and O–H groups in total. The number of anilines is 1. The van der Waals surface area contributed by atoms with Crippen LogP contribution >= 0.6 is 0 Å². The smallest absolute Gasteiger partial charge is 0.254 e. The molecule has 3 aromatic rings. The van der Waals surface area contributed by atoms with Crippen LogP contribution in [0.25, 0.3) is 5.78 Å². The van der Waals surface area contributed by atoms with Crippen molar-refractivity contribution in [2.75, 3.05) is 5.32 Å². The predicted molar refractivity (Wildman–Crippen MR) is 102 cm³/mol. The summed E-state index contributed by atoms with van der Waals surface area (Å²) < 4.78 is 1.73. The second-order valence-corrected chi connectivity index (χ2v) is 7.36. The van der Waals surface area contributed by atoms with Crippen molar-refractivity contribution in [1.82, 2.24) is 19.6 Å². The molecule has 1 aliphatic carbocycles. The van der Waals surface area contributed by atoms with Crippen molar-refractivity contribution >= 4 is 11.6 Å². The van der Waals surface area contributed by atoms with Crippen molar-refractivity contribution < 1.29 is 0 Å². The third kappa shape index (κ3) is 4.78. The first-order valence-corrected chi connectivity index (χ1v) is 9.03. The summed E-state index contributed by atoms with van der Waals surface area (Å²) in [4.78, 5) is 8.47. The summed E-state index contributed by atoms with van der Waals surface area (Å²) in [6.45, 7) is 9.23. The van der Waals surface area contributed by atoms with Crippen molar-refractivity contribution in [1.29, 1.82) is 0 Å². The van der Waals surface area contributed by atoms with E-state index in [4.69, 9.17) is 0 Å². The minimum atomic E-state index is 0.626. The van der Waals surface area contributed by atoms with Crippen LogP contribution in [0.1, 0.15) is 56.4 Å². The number of hydrogen-bond donors (Lipinski definition) is 1. The van der Waals surface area contributed by atoms with Crippen molar-refractivity contribution in [2.24, 2.45) is 5.92 Å². The molecule has 4 rings (SSSR count). The Morgan fingerprint density at radius 1 is 1.16 bits per heavy atom. The van der Waals surface area contributed by atoms with Gasteiger partial charge in [0.15, 0.2) is 0 Å². The van der Waals surface area contributed by atoms with Crippen molar-refractivity contribution in [2.45, 2.75) is 53.0 Å². The van der Waals surface area contributed by atoms with Crippen LogP contribution in [0.5, 0.6) is 0 Å². The lowest BCUT2D eigenvalue weighted by atomic mass is 10.1. The lowest BCUT2D eigenvalue weighted by molar-refractivity contribution is 0.737. The van der Waals surface area contributed by atoms with Crippen LogP contribution in [0, 0.1) is 12.8 Å². The number of fused-ring (bicyclic) bond motifs is 1. The minimum Gasteiger partial charge on any atom is -0.366 e. The Morgan fingerprint density at radius 2 is 1.84 bits per heavy atom. The second kappa shape index (κ2) is 7.64. The van der Waals surface area contributed by atoms with Gasteiger partial charge in [-0.05, 0) is 42.7 Å². The fourth-order valence-corrected chi connectivity index (χ4v) is 2.57. The zero-order valence-electron chi connectivity index (χ0n) is 15.5. The van der Waals surface area contributed by atoms with Crippen LogP contribution in [0.2, 0.25) is 0 Å².